The van der Waals surface area contributed by atoms with Crippen LogP contribution in [0.2, 0.25) is 0 Å². The van der Waals surface area contributed by atoms with Gasteiger partial charge in [0.05, 0.1) is 11.3 Å². The fourth-order valence-electron chi connectivity index (χ4n) is 1.06. The number of carboxylic acid groups (broad SMARTS) is 1. The van der Waals surface area contributed by atoms with Crippen LogP contribution in [0.3, 0.4) is 0 Å². The van der Waals surface area contributed by atoms with E-state index >= 15 is 0 Å². The number of carboxylic acids is 1. The quantitative estimate of drug-likeness (QED) is 0.675. The summed E-state index contributed by atoms with van der Waals surface area (Å²) in [6, 6.07) is 9.63. The highest BCUT2D eigenvalue weighted by molar-refractivity contribution is 6.29. The second kappa shape index (κ2) is 4.87. The Balaban J connectivity index is 2.39. The van der Waals surface area contributed by atoms with Gasteiger partial charge in [0.1, 0.15) is 0 Å². The van der Waals surface area contributed by atoms with Crippen molar-refractivity contribution in [3.63, 3.8) is 0 Å². The zero-order chi connectivity index (χ0) is 9.68. The van der Waals surface area contributed by atoms with Crippen LogP contribution in [0, 0.1) is 0 Å². The summed E-state index contributed by atoms with van der Waals surface area (Å²) in [6.07, 6.45) is 1.08. The molecule has 13 heavy (non-hydrogen) atoms. The van der Waals surface area contributed by atoms with Crippen LogP contribution in [0.1, 0.15) is 12.0 Å². The van der Waals surface area contributed by atoms with Gasteiger partial charge in [-0.15, -0.1) is 11.6 Å². The SMILES string of the molecule is O=C([O-])C(Cl)CCc1ccccc1. The van der Waals surface area contributed by atoms with Gasteiger partial charge >= 0.3 is 0 Å². The highest BCUT2D eigenvalue weighted by atomic mass is 35.5. The maximum atomic E-state index is 10.3. The molecule has 0 fully saturated rings. The molecule has 70 valence electrons. The molecular formula is C10H10ClO2-. The topological polar surface area (TPSA) is 40.1 Å². The molecule has 0 radical (unpaired) electrons. The molecule has 0 aliphatic rings. The smallest absolute Gasteiger partial charge is 0.0733 e. The fraction of sp³-hybridized carbons (Fsp3) is 0.300. The van der Waals surface area contributed by atoms with E-state index in [-0.39, 0.29) is 0 Å². The third-order valence-corrected chi connectivity index (χ3v) is 2.18. The number of rotatable bonds is 4. The number of hydrogen-bond acceptors (Lipinski definition) is 2. The zero-order valence-electron chi connectivity index (χ0n) is 7.07. The highest BCUT2D eigenvalue weighted by Gasteiger charge is 2.04. The van der Waals surface area contributed by atoms with Crippen LogP contribution in [-0.2, 0) is 11.2 Å². The van der Waals surface area contributed by atoms with Crippen LogP contribution in [-0.4, -0.2) is 11.3 Å². The minimum absolute atomic E-state index is 0.411. The van der Waals surface area contributed by atoms with Gasteiger partial charge in [-0.2, -0.15) is 0 Å². The van der Waals surface area contributed by atoms with E-state index < -0.39 is 11.3 Å². The van der Waals surface area contributed by atoms with Gasteiger partial charge in [-0.3, -0.25) is 0 Å². The number of aliphatic carboxylic acids is 1. The average molecular weight is 198 g/mol. The lowest BCUT2D eigenvalue weighted by atomic mass is 10.1. The Bertz CT molecular complexity index is 272. The van der Waals surface area contributed by atoms with E-state index in [0.717, 1.165) is 5.56 Å². The van der Waals surface area contributed by atoms with E-state index in [2.05, 4.69) is 0 Å². The maximum absolute atomic E-state index is 10.3. The monoisotopic (exact) mass is 197 g/mol. The van der Waals surface area contributed by atoms with Crippen molar-refractivity contribution in [3.8, 4) is 0 Å². The summed E-state index contributed by atoms with van der Waals surface area (Å²) in [5.41, 5.74) is 1.09. The first-order valence-corrected chi connectivity index (χ1v) is 4.52. The Morgan fingerprint density at radius 2 is 2.00 bits per heavy atom. The molecule has 0 aromatic heterocycles. The molecule has 0 N–H and O–H groups in total. The summed E-state index contributed by atoms with van der Waals surface area (Å²) >= 11 is 5.50. The molecule has 0 spiro atoms. The van der Waals surface area contributed by atoms with Gasteiger partial charge in [0.15, 0.2) is 0 Å². The molecular weight excluding hydrogens is 188 g/mol. The number of carbonyl (C=O) groups is 1. The second-order valence-electron chi connectivity index (χ2n) is 2.81. The molecule has 1 aromatic carbocycles. The van der Waals surface area contributed by atoms with Gasteiger partial charge < -0.3 is 9.90 Å². The van der Waals surface area contributed by atoms with Crippen LogP contribution < -0.4 is 5.11 Å². The van der Waals surface area contributed by atoms with Crippen molar-refractivity contribution >= 4 is 17.6 Å². The van der Waals surface area contributed by atoms with Crippen molar-refractivity contribution in [3.05, 3.63) is 35.9 Å². The summed E-state index contributed by atoms with van der Waals surface area (Å²) in [7, 11) is 0. The van der Waals surface area contributed by atoms with Crippen molar-refractivity contribution in [2.75, 3.05) is 0 Å². The standard InChI is InChI=1S/C10H11ClO2/c11-9(10(12)13)7-6-8-4-2-1-3-5-8/h1-5,9H,6-7H2,(H,12,13)/p-1. The summed E-state index contributed by atoms with van der Waals surface area (Å²) in [4.78, 5) is 10.3. The van der Waals surface area contributed by atoms with Crippen LogP contribution in [0.5, 0.6) is 0 Å². The van der Waals surface area contributed by atoms with E-state index in [9.17, 15) is 9.90 Å². The zero-order valence-corrected chi connectivity index (χ0v) is 7.83. The van der Waals surface area contributed by atoms with E-state index in [1.54, 1.807) is 0 Å². The second-order valence-corrected chi connectivity index (χ2v) is 3.34. The Morgan fingerprint density at radius 1 is 1.38 bits per heavy atom. The first-order chi connectivity index (χ1) is 6.20. The van der Waals surface area contributed by atoms with Crippen LogP contribution in [0.15, 0.2) is 30.3 Å². The molecule has 1 unspecified atom stereocenters. The molecule has 0 bridgehead atoms. The molecule has 1 rings (SSSR count). The molecule has 0 aliphatic carbocycles. The van der Waals surface area contributed by atoms with Gasteiger partial charge in [0.25, 0.3) is 0 Å². The minimum Gasteiger partial charge on any atom is -0.549 e. The Kier molecular flexibility index (Phi) is 3.77. The minimum atomic E-state index is -1.20. The van der Waals surface area contributed by atoms with Gasteiger partial charge in [0.2, 0.25) is 0 Å². The van der Waals surface area contributed by atoms with Crippen molar-refractivity contribution < 1.29 is 9.90 Å². The number of halogens is 1. The third-order valence-electron chi connectivity index (χ3n) is 1.79. The molecule has 0 saturated carbocycles. The van der Waals surface area contributed by atoms with Gasteiger partial charge in [-0.05, 0) is 18.4 Å². The van der Waals surface area contributed by atoms with Crippen LogP contribution in [0.4, 0.5) is 0 Å². The predicted molar refractivity (Wildman–Crippen MR) is 49.4 cm³/mol. The van der Waals surface area contributed by atoms with Crippen molar-refractivity contribution in [1.82, 2.24) is 0 Å². The summed E-state index contributed by atoms with van der Waals surface area (Å²) in [5.74, 6) is -1.20. The number of carbonyl (C=O) groups excluding carboxylic acids is 1. The Hall–Kier alpha value is -1.02. The first-order valence-electron chi connectivity index (χ1n) is 4.09. The van der Waals surface area contributed by atoms with E-state index in [1.807, 2.05) is 30.3 Å². The predicted octanol–water partition coefficient (Wildman–Crippen LogP) is 0.977. The first kappa shape index (κ1) is 10.1. The lowest BCUT2D eigenvalue weighted by Gasteiger charge is -2.09. The number of alkyl halides is 1. The largest absolute Gasteiger partial charge is 0.549 e. The number of aryl methyl sites for hydroxylation is 1. The van der Waals surface area contributed by atoms with E-state index in [4.69, 9.17) is 11.6 Å². The lowest BCUT2D eigenvalue weighted by Crippen LogP contribution is -2.32. The van der Waals surface area contributed by atoms with Gasteiger partial charge in [-0.1, -0.05) is 30.3 Å². The molecule has 2 nitrogen and oxygen atoms in total. The summed E-state index contributed by atoms with van der Waals surface area (Å²) < 4.78 is 0. The average Bonchev–Trinajstić information content (AvgIpc) is 2.15. The molecule has 1 atom stereocenters. The van der Waals surface area contributed by atoms with Crippen molar-refractivity contribution in [1.29, 1.82) is 0 Å². The Labute approximate surface area is 82.2 Å². The summed E-state index contributed by atoms with van der Waals surface area (Å²) in [5, 5.41) is 9.39. The van der Waals surface area contributed by atoms with E-state index in [0.29, 0.717) is 12.8 Å². The number of benzene rings is 1. The normalized spacial score (nSPS) is 12.4. The van der Waals surface area contributed by atoms with Gasteiger partial charge in [-0.25, -0.2) is 0 Å². The molecule has 3 heteroatoms. The number of hydrogen-bond donors (Lipinski definition) is 0. The summed E-state index contributed by atoms with van der Waals surface area (Å²) in [6.45, 7) is 0. The van der Waals surface area contributed by atoms with Crippen molar-refractivity contribution in [2.45, 2.75) is 18.2 Å². The highest BCUT2D eigenvalue weighted by Crippen LogP contribution is 2.08. The third kappa shape index (κ3) is 3.47. The molecule has 0 saturated heterocycles. The molecule has 0 aliphatic heterocycles. The molecule has 0 amide bonds. The van der Waals surface area contributed by atoms with E-state index in [1.165, 1.54) is 0 Å². The maximum Gasteiger partial charge on any atom is 0.0733 e. The van der Waals surface area contributed by atoms with Gasteiger partial charge in [0, 0.05) is 0 Å². The molecule has 1 aromatic rings. The van der Waals surface area contributed by atoms with Crippen LogP contribution in [0.25, 0.3) is 0 Å². The van der Waals surface area contributed by atoms with Crippen LogP contribution >= 0.6 is 11.6 Å². The Morgan fingerprint density at radius 3 is 2.54 bits per heavy atom. The van der Waals surface area contributed by atoms with Crippen molar-refractivity contribution in [2.24, 2.45) is 0 Å². The molecule has 0 heterocycles. The fourth-order valence-corrected chi connectivity index (χ4v) is 1.17. The lowest BCUT2D eigenvalue weighted by molar-refractivity contribution is -0.305.